The summed E-state index contributed by atoms with van der Waals surface area (Å²) in [6.07, 6.45) is 1.71. The molecule has 3 N–H and O–H groups in total. The second kappa shape index (κ2) is 6.59. The molecule has 0 aromatic rings. The molecule has 0 radical (unpaired) electrons. The maximum Gasteiger partial charge on any atom is 0.237 e. The smallest absolute Gasteiger partial charge is 0.237 e. The Labute approximate surface area is 103 Å². The first-order chi connectivity index (χ1) is 8.00. The first-order valence-corrected chi connectivity index (χ1v) is 6.28. The van der Waals surface area contributed by atoms with Gasteiger partial charge in [-0.25, -0.2) is 0 Å². The van der Waals surface area contributed by atoms with E-state index in [1.54, 1.807) is 4.90 Å². The second-order valence-electron chi connectivity index (χ2n) is 5.10. The molecule has 0 aromatic carbocycles. The average Bonchev–Trinajstić information content (AvgIpc) is 2.27. The van der Waals surface area contributed by atoms with Gasteiger partial charge >= 0.3 is 0 Å². The fourth-order valence-electron chi connectivity index (χ4n) is 2.19. The van der Waals surface area contributed by atoms with Gasteiger partial charge in [-0.3, -0.25) is 9.59 Å². The minimum Gasteiger partial charge on any atom is -0.368 e. The highest BCUT2D eigenvalue weighted by molar-refractivity contribution is 5.85. The van der Waals surface area contributed by atoms with E-state index < -0.39 is 5.91 Å². The number of nitrogens with zero attached hydrogens (tertiary/aromatic N) is 1. The van der Waals surface area contributed by atoms with E-state index in [1.165, 1.54) is 0 Å². The van der Waals surface area contributed by atoms with E-state index in [-0.39, 0.29) is 18.4 Å². The third-order valence-electron chi connectivity index (χ3n) is 2.93. The molecule has 0 bridgehead atoms. The molecule has 0 aliphatic carbocycles. The Morgan fingerprint density at radius 2 is 1.94 bits per heavy atom. The molecule has 17 heavy (non-hydrogen) atoms. The molecule has 1 aliphatic heterocycles. The van der Waals surface area contributed by atoms with Crippen molar-refractivity contribution in [3.05, 3.63) is 0 Å². The summed E-state index contributed by atoms with van der Waals surface area (Å²) in [6, 6.07) is 0. The van der Waals surface area contributed by atoms with E-state index in [1.807, 2.05) is 13.8 Å². The van der Waals surface area contributed by atoms with Crippen molar-refractivity contribution in [2.45, 2.75) is 26.7 Å². The monoisotopic (exact) mass is 241 g/mol. The van der Waals surface area contributed by atoms with E-state index in [0.29, 0.717) is 12.5 Å². The molecule has 0 atom stereocenters. The number of piperidine rings is 1. The van der Waals surface area contributed by atoms with Gasteiger partial charge in [0, 0.05) is 12.5 Å². The van der Waals surface area contributed by atoms with Gasteiger partial charge in [-0.2, -0.15) is 0 Å². The predicted molar refractivity (Wildman–Crippen MR) is 66.2 cm³/mol. The Bertz CT molecular complexity index is 273. The summed E-state index contributed by atoms with van der Waals surface area (Å²) in [5.41, 5.74) is 5.19. The maximum absolute atomic E-state index is 12.3. The number of carbonyl (C=O) groups excluding carboxylic acids is 2. The molecule has 0 saturated carbocycles. The van der Waals surface area contributed by atoms with E-state index in [0.717, 1.165) is 25.9 Å². The molecule has 2 amide bonds. The molecule has 1 rings (SSSR count). The molecule has 98 valence electrons. The van der Waals surface area contributed by atoms with Crippen LogP contribution in [0.1, 0.15) is 26.7 Å². The lowest BCUT2D eigenvalue weighted by Gasteiger charge is -2.30. The molecule has 1 saturated heterocycles. The van der Waals surface area contributed by atoms with E-state index in [9.17, 15) is 9.59 Å². The summed E-state index contributed by atoms with van der Waals surface area (Å²) in [5, 5.41) is 3.23. The van der Waals surface area contributed by atoms with E-state index in [2.05, 4.69) is 5.32 Å². The third kappa shape index (κ3) is 4.73. The minimum absolute atomic E-state index is 0.0426. The zero-order valence-corrected chi connectivity index (χ0v) is 10.7. The molecular weight excluding hydrogens is 218 g/mol. The molecule has 1 fully saturated rings. The van der Waals surface area contributed by atoms with Crippen LogP contribution in [0.25, 0.3) is 0 Å². The number of hydrogen-bond donors (Lipinski definition) is 2. The van der Waals surface area contributed by atoms with Crippen LogP contribution in [-0.2, 0) is 9.59 Å². The lowest BCUT2D eigenvalue weighted by molar-refractivity contribution is -0.140. The van der Waals surface area contributed by atoms with E-state index >= 15 is 0 Å². The molecule has 0 unspecified atom stereocenters. The minimum atomic E-state index is -0.437. The zero-order chi connectivity index (χ0) is 12.8. The number of rotatable bonds is 5. The molecule has 1 aliphatic rings. The summed E-state index contributed by atoms with van der Waals surface area (Å²) in [6.45, 7) is 6.46. The predicted octanol–water partition coefficient (Wildman–Crippen LogP) is -0.0441. The highest BCUT2D eigenvalue weighted by atomic mass is 16.2. The van der Waals surface area contributed by atoms with Crippen LogP contribution in [0.15, 0.2) is 0 Å². The zero-order valence-electron chi connectivity index (χ0n) is 10.7. The van der Waals surface area contributed by atoms with Gasteiger partial charge in [0.2, 0.25) is 11.8 Å². The first kappa shape index (κ1) is 14.0. The lowest BCUT2D eigenvalue weighted by Crippen LogP contribution is -2.45. The Kier molecular flexibility index (Phi) is 5.41. The van der Waals surface area contributed by atoms with Gasteiger partial charge in [0.15, 0.2) is 0 Å². The van der Waals surface area contributed by atoms with E-state index in [4.69, 9.17) is 5.73 Å². The highest BCUT2D eigenvalue weighted by Gasteiger charge is 2.26. The number of nitrogens with one attached hydrogen (secondary N) is 1. The Morgan fingerprint density at radius 1 is 1.35 bits per heavy atom. The highest BCUT2D eigenvalue weighted by Crippen LogP contribution is 2.16. The topological polar surface area (TPSA) is 75.4 Å². The molecular formula is C12H23N3O2. The van der Waals surface area contributed by atoms with Crippen LogP contribution in [0.4, 0.5) is 0 Å². The summed E-state index contributed by atoms with van der Waals surface area (Å²) in [4.78, 5) is 24.9. The van der Waals surface area contributed by atoms with Crippen molar-refractivity contribution < 1.29 is 9.59 Å². The summed E-state index contributed by atoms with van der Waals surface area (Å²) in [5.74, 6) is 0.0429. The van der Waals surface area contributed by atoms with Crippen LogP contribution < -0.4 is 11.1 Å². The summed E-state index contributed by atoms with van der Waals surface area (Å²) < 4.78 is 0. The Morgan fingerprint density at radius 3 is 2.41 bits per heavy atom. The van der Waals surface area contributed by atoms with Crippen molar-refractivity contribution in [2.75, 3.05) is 26.2 Å². The molecule has 5 nitrogen and oxygen atoms in total. The van der Waals surface area contributed by atoms with Crippen LogP contribution in [0.2, 0.25) is 0 Å². The fraction of sp³-hybridized carbons (Fsp3) is 0.833. The second-order valence-corrected chi connectivity index (χ2v) is 5.10. The Balaban J connectivity index is 2.60. The maximum atomic E-state index is 12.3. The number of nitrogens with two attached hydrogens (primary N) is 1. The largest absolute Gasteiger partial charge is 0.368 e. The lowest BCUT2D eigenvalue weighted by atomic mass is 9.96. The third-order valence-corrected chi connectivity index (χ3v) is 2.93. The van der Waals surface area contributed by atoms with Crippen molar-refractivity contribution in [3.63, 3.8) is 0 Å². The fourth-order valence-corrected chi connectivity index (χ4v) is 2.19. The van der Waals surface area contributed by atoms with Crippen LogP contribution in [0, 0.1) is 11.8 Å². The summed E-state index contributed by atoms with van der Waals surface area (Å²) >= 11 is 0. The first-order valence-electron chi connectivity index (χ1n) is 6.28. The average molecular weight is 241 g/mol. The van der Waals surface area contributed by atoms with Gasteiger partial charge in [0.1, 0.15) is 0 Å². The van der Waals surface area contributed by atoms with Crippen LogP contribution in [-0.4, -0.2) is 42.9 Å². The van der Waals surface area contributed by atoms with Gasteiger partial charge in [-0.1, -0.05) is 13.8 Å². The van der Waals surface area contributed by atoms with Gasteiger partial charge < -0.3 is 16.0 Å². The van der Waals surface area contributed by atoms with Crippen LogP contribution in [0.5, 0.6) is 0 Å². The Hall–Kier alpha value is -1.10. The van der Waals surface area contributed by atoms with Crippen molar-refractivity contribution in [2.24, 2.45) is 17.6 Å². The van der Waals surface area contributed by atoms with Crippen LogP contribution in [0.3, 0.4) is 0 Å². The molecule has 1 heterocycles. The van der Waals surface area contributed by atoms with Crippen molar-refractivity contribution in [1.82, 2.24) is 10.2 Å². The van der Waals surface area contributed by atoms with Gasteiger partial charge in [-0.05, 0) is 31.8 Å². The number of amides is 2. The number of carbonyl (C=O) groups is 2. The van der Waals surface area contributed by atoms with Crippen LogP contribution >= 0.6 is 0 Å². The van der Waals surface area contributed by atoms with Gasteiger partial charge in [0.05, 0.1) is 6.54 Å². The van der Waals surface area contributed by atoms with Gasteiger partial charge in [0.25, 0.3) is 0 Å². The normalized spacial score (nSPS) is 17.1. The molecule has 5 heteroatoms. The van der Waals surface area contributed by atoms with Crippen molar-refractivity contribution in [3.8, 4) is 0 Å². The standard InChI is InChI=1S/C12H23N3O2/c1-9(2)7-15(8-11(13)16)12(17)10-3-5-14-6-4-10/h9-10,14H,3-8H2,1-2H3,(H2,13,16). The quantitative estimate of drug-likeness (QED) is 0.709. The van der Waals surface area contributed by atoms with Crippen molar-refractivity contribution in [1.29, 1.82) is 0 Å². The van der Waals surface area contributed by atoms with Crippen molar-refractivity contribution >= 4 is 11.8 Å². The molecule has 0 spiro atoms. The summed E-state index contributed by atoms with van der Waals surface area (Å²) in [7, 11) is 0. The SMILES string of the molecule is CC(C)CN(CC(N)=O)C(=O)C1CCNCC1. The molecule has 0 aromatic heterocycles. The number of hydrogen-bond acceptors (Lipinski definition) is 3. The van der Waals surface area contributed by atoms with Gasteiger partial charge in [-0.15, -0.1) is 0 Å². The number of primary amides is 1.